The molecule has 3 aromatic rings. The Bertz CT molecular complexity index is 858. The highest BCUT2D eigenvalue weighted by molar-refractivity contribution is 7.11. The number of H-pyrrole nitrogens is 1. The number of hydrogen-bond donors (Lipinski definition) is 2. The number of amides is 1. The highest BCUT2D eigenvalue weighted by atomic mass is 32.1. The monoisotopic (exact) mass is 329 g/mol. The highest BCUT2D eigenvalue weighted by Gasteiger charge is 2.17. The zero-order chi connectivity index (χ0) is 16.6. The lowest BCUT2D eigenvalue weighted by Crippen LogP contribution is -2.22. The second kappa shape index (κ2) is 6.00. The average Bonchev–Trinajstić information content (AvgIpc) is 3.18. The van der Waals surface area contributed by atoms with E-state index in [2.05, 4.69) is 33.6 Å². The van der Waals surface area contributed by atoms with Crippen LogP contribution < -0.4 is 5.32 Å². The summed E-state index contributed by atoms with van der Waals surface area (Å²) in [6.45, 7) is 6.51. The molecule has 0 bridgehead atoms. The van der Waals surface area contributed by atoms with E-state index in [1.165, 1.54) is 4.88 Å². The summed E-state index contributed by atoms with van der Waals surface area (Å²) < 4.78 is 1.82. The second-order valence-electron chi connectivity index (χ2n) is 5.53. The Morgan fingerprint density at radius 3 is 2.74 bits per heavy atom. The van der Waals surface area contributed by atoms with Crippen LogP contribution in [0.25, 0.3) is 11.3 Å². The first-order valence-corrected chi connectivity index (χ1v) is 8.17. The van der Waals surface area contributed by atoms with E-state index in [0.717, 1.165) is 27.5 Å². The number of carbonyl (C=O) groups excluding carboxylic acids is 1. The van der Waals surface area contributed by atoms with Crippen molar-refractivity contribution in [1.29, 1.82) is 0 Å². The molecule has 0 aromatic carbocycles. The molecular weight excluding hydrogens is 310 g/mol. The third kappa shape index (κ3) is 3.05. The van der Waals surface area contributed by atoms with Crippen molar-refractivity contribution in [2.75, 3.05) is 0 Å². The lowest BCUT2D eigenvalue weighted by Gasteiger charge is -2.00. The Hall–Kier alpha value is -2.41. The minimum Gasteiger partial charge on any atom is -0.346 e. The Labute approximate surface area is 138 Å². The second-order valence-corrected chi connectivity index (χ2v) is 6.90. The first kappa shape index (κ1) is 15.5. The number of aromatic amines is 1. The predicted octanol–water partition coefficient (Wildman–Crippen LogP) is 2.73. The molecule has 0 aliphatic carbocycles. The number of nitrogens with one attached hydrogen (secondary N) is 2. The fourth-order valence-electron chi connectivity index (χ4n) is 2.55. The van der Waals surface area contributed by atoms with Gasteiger partial charge in [0.1, 0.15) is 5.69 Å². The maximum atomic E-state index is 12.2. The molecule has 7 heteroatoms. The van der Waals surface area contributed by atoms with Gasteiger partial charge in [-0.1, -0.05) is 0 Å². The van der Waals surface area contributed by atoms with E-state index >= 15 is 0 Å². The van der Waals surface area contributed by atoms with Crippen LogP contribution in [0.4, 0.5) is 0 Å². The normalized spacial score (nSPS) is 11.0. The molecule has 3 rings (SSSR count). The van der Waals surface area contributed by atoms with Crippen molar-refractivity contribution < 1.29 is 4.79 Å². The van der Waals surface area contributed by atoms with Gasteiger partial charge in [-0.2, -0.15) is 10.2 Å². The molecule has 1 amide bonds. The molecule has 0 fully saturated rings. The van der Waals surface area contributed by atoms with Gasteiger partial charge < -0.3 is 5.32 Å². The molecular formula is C16H19N5OS. The summed E-state index contributed by atoms with van der Waals surface area (Å²) in [5.41, 5.74) is 4.09. The van der Waals surface area contributed by atoms with Crippen LogP contribution in [0.5, 0.6) is 0 Å². The lowest BCUT2D eigenvalue weighted by atomic mass is 10.1. The van der Waals surface area contributed by atoms with Gasteiger partial charge in [0.05, 0.1) is 17.9 Å². The third-order valence-corrected chi connectivity index (χ3v) is 4.81. The quantitative estimate of drug-likeness (QED) is 0.773. The zero-order valence-electron chi connectivity index (χ0n) is 13.6. The molecule has 0 spiro atoms. The summed E-state index contributed by atoms with van der Waals surface area (Å²) in [6.07, 6.45) is 0. The van der Waals surface area contributed by atoms with Crippen LogP contribution in [-0.4, -0.2) is 25.9 Å². The first-order valence-electron chi connectivity index (χ1n) is 7.35. The summed E-state index contributed by atoms with van der Waals surface area (Å²) in [7, 11) is 1.90. The molecule has 6 nitrogen and oxygen atoms in total. The molecule has 0 radical (unpaired) electrons. The van der Waals surface area contributed by atoms with Crippen LogP contribution in [0.2, 0.25) is 0 Å². The number of carbonyl (C=O) groups is 1. The summed E-state index contributed by atoms with van der Waals surface area (Å²) in [4.78, 5) is 14.6. The number of aromatic nitrogens is 4. The molecule has 3 aromatic heterocycles. The smallest absolute Gasteiger partial charge is 0.269 e. The lowest BCUT2D eigenvalue weighted by molar-refractivity contribution is 0.0946. The minimum absolute atomic E-state index is 0.158. The van der Waals surface area contributed by atoms with Gasteiger partial charge in [0.25, 0.3) is 5.91 Å². The van der Waals surface area contributed by atoms with Crippen molar-refractivity contribution in [3.05, 3.63) is 45.0 Å². The summed E-state index contributed by atoms with van der Waals surface area (Å²) in [5, 5.41) is 14.4. The van der Waals surface area contributed by atoms with Crippen molar-refractivity contribution in [2.24, 2.45) is 7.05 Å². The molecule has 2 N–H and O–H groups in total. The maximum Gasteiger partial charge on any atom is 0.269 e. The molecule has 23 heavy (non-hydrogen) atoms. The van der Waals surface area contributed by atoms with Crippen LogP contribution >= 0.6 is 11.3 Å². The van der Waals surface area contributed by atoms with Crippen LogP contribution in [0.3, 0.4) is 0 Å². The molecule has 0 aliphatic rings. The van der Waals surface area contributed by atoms with Gasteiger partial charge in [-0.15, -0.1) is 11.3 Å². The average molecular weight is 329 g/mol. The number of rotatable bonds is 4. The van der Waals surface area contributed by atoms with Gasteiger partial charge in [0, 0.05) is 28.1 Å². The van der Waals surface area contributed by atoms with E-state index in [9.17, 15) is 4.79 Å². The largest absolute Gasteiger partial charge is 0.346 e. The van der Waals surface area contributed by atoms with Crippen molar-refractivity contribution in [1.82, 2.24) is 25.3 Å². The Kier molecular flexibility index (Phi) is 4.04. The molecule has 0 saturated carbocycles. The zero-order valence-corrected chi connectivity index (χ0v) is 14.4. The van der Waals surface area contributed by atoms with Gasteiger partial charge in [0.15, 0.2) is 0 Å². The van der Waals surface area contributed by atoms with E-state index in [1.54, 1.807) is 17.4 Å². The van der Waals surface area contributed by atoms with Gasteiger partial charge in [0.2, 0.25) is 0 Å². The van der Waals surface area contributed by atoms with Gasteiger partial charge in [-0.05, 0) is 39.0 Å². The van der Waals surface area contributed by atoms with Crippen LogP contribution in [0, 0.1) is 20.8 Å². The Balaban J connectivity index is 1.74. The minimum atomic E-state index is -0.158. The number of nitrogens with zero attached hydrogens (tertiary/aromatic N) is 3. The molecule has 0 aliphatic heterocycles. The first-order chi connectivity index (χ1) is 11.0. The third-order valence-electron chi connectivity index (χ3n) is 3.81. The maximum absolute atomic E-state index is 12.2. The van der Waals surface area contributed by atoms with Crippen molar-refractivity contribution in [3.8, 4) is 11.3 Å². The van der Waals surface area contributed by atoms with Crippen LogP contribution in [-0.2, 0) is 13.6 Å². The van der Waals surface area contributed by atoms with Crippen molar-refractivity contribution >= 4 is 17.2 Å². The highest BCUT2D eigenvalue weighted by Crippen LogP contribution is 2.25. The number of hydrogen-bond acceptors (Lipinski definition) is 4. The molecule has 0 saturated heterocycles. The van der Waals surface area contributed by atoms with Gasteiger partial charge in [-0.3, -0.25) is 14.6 Å². The number of thiophene rings is 1. The standard InChI is InChI=1S/C16H19N5OS/c1-9-5-6-12(23-9)8-17-16(22)14-7-13(18-19-14)15-10(2)20-21(4)11(15)3/h5-7H,8H2,1-4H3,(H,17,22)(H,18,19). The van der Waals surface area contributed by atoms with E-state index in [1.807, 2.05) is 31.6 Å². The fourth-order valence-corrected chi connectivity index (χ4v) is 3.38. The Morgan fingerprint density at radius 1 is 1.35 bits per heavy atom. The summed E-state index contributed by atoms with van der Waals surface area (Å²) in [5.74, 6) is -0.158. The van der Waals surface area contributed by atoms with E-state index in [4.69, 9.17) is 0 Å². The van der Waals surface area contributed by atoms with Crippen molar-refractivity contribution in [3.63, 3.8) is 0 Å². The van der Waals surface area contributed by atoms with Crippen LogP contribution in [0.15, 0.2) is 18.2 Å². The molecule has 0 atom stereocenters. The van der Waals surface area contributed by atoms with Gasteiger partial charge >= 0.3 is 0 Å². The topological polar surface area (TPSA) is 75.6 Å². The van der Waals surface area contributed by atoms with Crippen LogP contribution in [0.1, 0.15) is 31.6 Å². The fraction of sp³-hybridized carbons (Fsp3) is 0.312. The van der Waals surface area contributed by atoms with Gasteiger partial charge in [-0.25, -0.2) is 0 Å². The van der Waals surface area contributed by atoms with E-state index < -0.39 is 0 Å². The predicted molar refractivity (Wildman–Crippen MR) is 90.5 cm³/mol. The summed E-state index contributed by atoms with van der Waals surface area (Å²) >= 11 is 1.68. The summed E-state index contributed by atoms with van der Waals surface area (Å²) in [6, 6.07) is 5.85. The van der Waals surface area contributed by atoms with E-state index in [0.29, 0.717) is 12.2 Å². The molecule has 120 valence electrons. The van der Waals surface area contributed by atoms with Crippen molar-refractivity contribution in [2.45, 2.75) is 27.3 Å². The number of aryl methyl sites for hydroxylation is 3. The SMILES string of the molecule is Cc1ccc(CNC(=O)c2cc(-c3c(C)nn(C)c3C)n[nH]2)s1. The van der Waals surface area contributed by atoms with E-state index in [-0.39, 0.29) is 5.91 Å². The molecule has 3 heterocycles. The Morgan fingerprint density at radius 2 is 2.13 bits per heavy atom. The molecule has 0 unspecified atom stereocenters.